The van der Waals surface area contributed by atoms with Crippen molar-refractivity contribution >= 4 is 6.09 Å². The average Bonchev–Trinajstić information content (AvgIpc) is 2.64. The molecular weight excluding hydrogens is 280 g/mol. The lowest BCUT2D eigenvalue weighted by Gasteiger charge is -2.33. The van der Waals surface area contributed by atoms with Gasteiger partial charge in [0.25, 0.3) is 0 Å². The Morgan fingerprint density at radius 3 is 2.41 bits per heavy atom. The van der Waals surface area contributed by atoms with Gasteiger partial charge in [0.1, 0.15) is 5.60 Å². The van der Waals surface area contributed by atoms with Crippen molar-refractivity contribution in [3.63, 3.8) is 0 Å². The van der Waals surface area contributed by atoms with Gasteiger partial charge in [0.2, 0.25) is 0 Å². The Hall–Kier alpha value is -0.810. The van der Waals surface area contributed by atoms with Crippen LogP contribution in [0.2, 0.25) is 0 Å². The molecule has 1 aliphatic carbocycles. The molecule has 1 heterocycles. The number of carbonyl (C=O) groups is 1. The fourth-order valence-electron chi connectivity index (χ4n) is 3.31. The van der Waals surface area contributed by atoms with E-state index in [0.29, 0.717) is 12.1 Å². The van der Waals surface area contributed by atoms with Gasteiger partial charge in [0.15, 0.2) is 0 Å². The molecule has 2 N–H and O–H groups in total. The van der Waals surface area contributed by atoms with E-state index in [1.807, 2.05) is 20.8 Å². The third kappa shape index (κ3) is 6.13. The Labute approximate surface area is 134 Å². The molecule has 22 heavy (non-hydrogen) atoms. The van der Waals surface area contributed by atoms with Crippen molar-refractivity contribution in [1.82, 2.24) is 10.6 Å². The molecule has 2 fully saturated rings. The van der Waals surface area contributed by atoms with Gasteiger partial charge in [-0.25, -0.2) is 4.79 Å². The van der Waals surface area contributed by atoms with Gasteiger partial charge in [0.05, 0.1) is 6.61 Å². The highest BCUT2D eigenvalue weighted by Gasteiger charge is 2.29. The molecule has 3 atom stereocenters. The van der Waals surface area contributed by atoms with Crippen molar-refractivity contribution in [2.75, 3.05) is 13.2 Å². The Morgan fingerprint density at radius 1 is 1.05 bits per heavy atom. The summed E-state index contributed by atoms with van der Waals surface area (Å²) in [7, 11) is 0. The quantitative estimate of drug-likeness (QED) is 0.787. The number of alkyl carbamates (subject to hydrolysis) is 1. The Balaban J connectivity index is 1.90. The van der Waals surface area contributed by atoms with Gasteiger partial charge in [-0.2, -0.15) is 0 Å². The van der Waals surface area contributed by atoms with E-state index in [1.165, 1.54) is 19.3 Å². The molecule has 5 heteroatoms. The van der Waals surface area contributed by atoms with E-state index >= 15 is 0 Å². The van der Waals surface area contributed by atoms with E-state index in [-0.39, 0.29) is 12.1 Å². The standard InChI is InChI=1S/C17H32N2O3/c1-17(2,3)22-16(20)19-15-10-6-4-5-9-14(15)18-13-8-7-11-21-12-13/h13-15,18H,4-12H2,1-3H3,(H,19,20). The number of rotatable bonds is 3. The van der Waals surface area contributed by atoms with Crippen molar-refractivity contribution in [3.8, 4) is 0 Å². The van der Waals surface area contributed by atoms with E-state index in [0.717, 1.165) is 38.9 Å². The summed E-state index contributed by atoms with van der Waals surface area (Å²) in [6.45, 7) is 7.36. The number of amides is 1. The number of carbonyl (C=O) groups excluding carboxylic acids is 1. The highest BCUT2D eigenvalue weighted by atomic mass is 16.6. The number of ether oxygens (including phenoxy) is 2. The van der Waals surface area contributed by atoms with Crippen LogP contribution in [-0.2, 0) is 9.47 Å². The molecule has 1 saturated heterocycles. The van der Waals surface area contributed by atoms with Crippen LogP contribution in [0.5, 0.6) is 0 Å². The van der Waals surface area contributed by atoms with E-state index in [2.05, 4.69) is 10.6 Å². The first-order valence-electron chi connectivity index (χ1n) is 8.77. The maximum atomic E-state index is 12.1. The lowest BCUT2D eigenvalue weighted by Crippen LogP contribution is -2.54. The summed E-state index contributed by atoms with van der Waals surface area (Å²) in [6.07, 6.45) is 7.74. The summed E-state index contributed by atoms with van der Waals surface area (Å²) < 4.78 is 11.0. The molecule has 2 rings (SSSR count). The highest BCUT2D eigenvalue weighted by Crippen LogP contribution is 2.20. The van der Waals surface area contributed by atoms with Crippen molar-refractivity contribution in [1.29, 1.82) is 0 Å². The van der Waals surface area contributed by atoms with Crippen LogP contribution in [-0.4, -0.2) is 43.0 Å². The predicted octanol–water partition coefficient (Wildman–Crippen LogP) is 2.98. The van der Waals surface area contributed by atoms with Crippen LogP contribution >= 0.6 is 0 Å². The second kappa shape index (κ2) is 8.16. The van der Waals surface area contributed by atoms with Crippen LogP contribution in [0.3, 0.4) is 0 Å². The Morgan fingerprint density at radius 2 is 1.77 bits per heavy atom. The maximum Gasteiger partial charge on any atom is 0.407 e. The molecule has 2 aliphatic rings. The van der Waals surface area contributed by atoms with Crippen molar-refractivity contribution in [2.24, 2.45) is 0 Å². The molecule has 5 nitrogen and oxygen atoms in total. The molecule has 0 aromatic heterocycles. The fraction of sp³-hybridized carbons (Fsp3) is 0.941. The van der Waals surface area contributed by atoms with E-state index in [4.69, 9.17) is 9.47 Å². The number of nitrogens with one attached hydrogen (secondary N) is 2. The predicted molar refractivity (Wildman–Crippen MR) is 87.0 cm³/mol. The van der Waals surface area contributed by atoms with E-state index in [9.17, 15) is 4.79 Å². The number of hydrogen-bond donors (Lipinski definition) is 2. The van der Waals surface area contributed by atoms with Crippen LogP contribution in [0.25, 0.3) is 0 Å². The zero-order valence-corrected chi connectivity index (χ0v) is 14.3. The summed E-state index contributed by atoms with van der Waals surface area (Å²) in [6, 6.07) is 0.890. The van der Waals surface area contributed by atoms with E-state index < -0.39 is 5.60 Å². The van der Waals surface area contributed by atoms with Gasteiger partial charge in [0, 0.05) is 24.7 Å². The smallest absolute Gasteiger partial charge is 0.407 e. The molecule has 0 bridgehead atoms. The first-order chi connectivity index (χ1) is 10.4. The monoisotopic (exact) mass is 312 g/mol. The minimum atomic E-state index is -0.449. The molecule has 0 aromatic rings. The molecule has 1 amide bonds. The zero-order valence-electron chi connectivity index (χ0n) is 14.3. The van der Waals surface area contributed by atoms with Gasteiger partial charge >= 0.3 is 6.09 Å². The summed E-state index contributed by atoms with van der Waals surface area (Å²) >= 11 is 0. The SMILES string of the molecule is CC(C)(C)OC(=O)NC1CCCCCC1NC1CCCOC1. The van der Waals surface area contributed by atoms with Gasteiger partial charge in [-0.05, 0) is 46.5 Å². The third-order valence-electron chi connectivity index (χ3n) is 4.33. The molecule has 1 aliphatic heterocycles. The van der Waals surface area contributed by atoms with E-state index in [1.54, 1.807) is 0 Å². The molecule has 0 aromatic carbocycles. The summed E-state index contributed by atoms with van der Waals surface area (Å²) in [5, 5.41) is 6.81. The summed E-state index contributed by atoms with van der Waals surface area (Å²) in [5.41, 5.74) is -0.449. The molecule has 1 saturated carbocycles. The Bertz CT molecular complexity index is 348. The lowest BCUT2D eigenvalue weighted by molar-refractivity contribution is 0.0462. The largest absolute Gasteiger partial charge is 0.444 e. The summed E-state index contributed by atoms with van der Waals surface area (Å²) in [4.78, 5) is 12.1. The minimum Gasteiger partial charge on any atom is -0.444 e. The van der Waals surface area contributed by atoms with Crippen LogP contribution in [0.4, 0.5) is 4.79 Å². The second-order valence-corrected chi connectivity index (χ2v) is 7.58. The van der Waals surface area contributed by atoms with Gasteiger partial charge in [-0.3, -0.25) is 0 Å². The normalized spacial score (nSPS) is 30.4. The first kappa shape index (κ1) is 17.5. The fourth-order valence-corrected chi connectivity index (χ4v) is 3.31. The van der Waals surface area contributed by atoms with Crippen molar-refractivity contribution < 1.29 is 14.3 Å². The lowest BCUT2D eigenvalue weighted by atomic mass is 10.0. The van der Waals surface area contributed by atoms with Crippen molar-refractivity contribution in [2.45, 2.75) is 89.4 Å². The third-order valence-corrected chi connectivity index (χ3v) is 4.33. The van der Waals surface area contributed by atoms with Crippen LogP contribution < -0.4 is 10.6 Å². The van der Waals surface area contributed by atoms with Crippen LogP contribution in [0.1, 0.15) is 65.7 Å². The molecule has 0 radical (unpaired) electrons. The van der Waals surface area contributed by atoms with Gasteiger partial charge in [-0.15, -0.1) is 0 Å². The van der Waals surface area contributed by atoms with Crippen LogP contribution in [0, 0.1) is 0 Å². The van der Waals surface area contributed by atoms with Crippen LogP contribution in [0.15, 0.2) is 0 Å². The Kier molecular flexibility index (Phi) is 6.50. The minimum absolute atomic E-state index is 0.152. The van der Waals surface area contributed by atoms with Gasteiger partial charge in [-0.1, -0.05) is 19.3 Å². The summed E-state index contributed by atoms with van der Waals surface area (Å²) in [5.74, 6) is 0. The highest BCUT2D eigenvalue weighted by molar-refractivity contribution is 5.68. The molecule has 128 valence electrons. The zero-order chi connectivity index (χ0) is 16.0. The number of hydrogen-bond acceptors (Lipinski definition) is 4. The van der Waals surface area contributed by atoms with Crippen molar-refractivity contribution in [3.05, 3.63) is 0 Å². The molecule has 3 unspecified atom stereocenters. The molecular formula is C17H32N2O3. The maximum absolute atomic E-state index is 12.1. The topological polar surface area (TPSA) is 59.6 Å². The average molecular weight is 312 g/mol. The second-order valence-electron chi connectivity index (χ2n) is 7.58. The first-order valence-corrected chi connectivity index (χ1v) is 8.77. The van der Waals surface area contributed by atoms with Gasteiger partial charge < -0.3 is 20.1 Å². The molecule has 0 spiro atoms.